The van der Waals surface area contributed by atoms with Gasteiger partial charge >= 0.3 is 6.18 Å². The fourth-order valence-corrected chi connectivity index (χ4v) is 4.05. The summed E-state index contributed by atoms with van der Waals surface area (Å²) in [7, 11) is 0. The average Bonchev–Trinajstić information content (AvgIpc) is 2.93. The Bertz CT molecular complexity index is 903. The number of aromatic nitrogens is 3. The first-order valence-corrected chi connectivity index (χ1v) is 9.94. The summed E-state index contributed by atoms with van der Waals surface area (Å²) in [5.41, 5.74) is 2.86. The molecule has 0 spiro atoms. The zero-order valence-corrected chi connectivity index (χ0v) is 16.5. The van der Waals surface area contributed by atoms with Crippen molar-refractivity contribution in [3.05, 3.63) is 23.5 Å². The molecule has 2 aliphatic rings. The van der Waals surface area contributed by atoms with Crippen LogP contribution in [0.25, 0.3) is 5.65 Å². The lowest BCUT2D eigenvalue weighted by molar-refractivity contribution is -0.171. The fraction of sp³-hybridized carbons (Fsp3) is 0.632. The summed E-state index contributed by atoms with van der Waals surface area (Å²) in [5.74, 6) is -0.839. The van der Waals surface area contributed by atoms with Gasteiger partial charge in [-0.05, 0) is 18.9 Å². The van der Waals surface area contributed by atoms with Gasteiger partial charge in [-0.2, -0.15) is 22.8 Å². The van der Waals surface area contributed by atoms with Gasteiger partial charge in [0, 0.05) is 37.7 Å². The van der Waals surface area contributed by atoms with Crippen molar-refractivity contribution in [3.63, 3.8) is 0 Å². The van der Waals surface area contributed by atoms with Crippen LogP contribution in [0.1, 0.15) is 25.1 Å². The molecule has 2 aliphatic heterocycles. The Morgan fingerprint density at radius 3 is 2.69 bits per heavy atom. The summed E-state index contributed by atoms with van der Waals surface area (Å²) >= 11 is 0. The molecule has 10 heteroatoms. The average molecular weight is 410 g/mol. The Morgan fingerprint density at radius 2 is 2.00 bits per heavy atom. The topological polar surface area (TPSA) is 74.6 Å². The minimum atomic E-state index is -4.45. The molecule has 1 saturated heterocycles. The minimum Gasteiger partial charge on any atom is -0.354 e. The number of amides is 1. The normalized spacial score (nSPS) is 19.0. The molecule has 1 amide bonds. The zero-order chi connectivity index (χ0) is 20.8. The standard InChI is InChI=1S/C19H25F3N6O/c1-11(2)16(19(20,21)22)26-17(29)12-9-27(10-12)18-13-3-6-23-7-4-14(13)25-15-5-8-24-28(15)18/h5,8,11-12,16,23H,3-4,6-7,9-10H2,1-2H3,(H,26,29). The largest absolute Gasteiger partial charge is 0.408 e. The number of hydrogen-bond acceptors (Lipinski definition) is 5. The molecule has 2 N–H and O–H groups in total. The first-order chi connectivity index (χ1) is 13.8. The monoisotopic (exact) mass is 410 g/mol. The zero-order valence-electron chi connectivity index (χ0n) is 16.5. The third kappa shape index (κ3) is 3.77. The van der Waals surface area contributed by atoms with Crippen LogP contribution in [-0.2, 0) is 17.6 Å². The highest BCUT2D eigenvalue weighted by molar-refractivity contribution is 5.82. The highest BCUT2D eigenvalue weighted by Gasteiger charge is 2.45. The molecule has 0 aliphatic carbocycles. The molecule has 4 heterocycles. The number of hydrogen-bond donors (Lipinski definition) is 2. The van der Waals surface area contributed by atoms with E-state index in [9.17, 15) is 18.0 Å². The van der Waals surface area contributed by atoms with Gasteiger partial charge < -0.3 is 15.5 Å². The molecular formula is C19H25F3N6O. The van der Waals surface area contributed by atoms with E-state index in [1.807, 2.05) is 11.0 Å². The SMILES string of the molecule is CC(C)C(NC(=O)C1CN(c2c3c(nc4ccnn24)CCNCC3)C1)C(F)(F)F. The lowest BCUT2D eigenvalue weighted by Gasteiger charge is -2.41. The van der Waals surface area contributed by atoms with Crippen LogP contribution < -0.4 is 15.5 Å². The summed E-state index contributed by atoms with van der Waals surface area (Å²) in [6.07, 6.45) is -1.17. The number of halogens is 3. The maximum absolute atomic E-state index is 13.2. The van der Waals surface area contributed by atoms with E-state index >= 15 is 0 Å². The smallest absolute Gasteiger partial charge is 0.354 e. The Labute approximate surface area is 166 Å². The van der Waals surface area contributed by atoms with Gasteiger partial charge in [-0.15, -0.1) is 0 Å². The number of carbonyl (C=O) groups excluding carboxylic acids is 1. The number of fused-ring (bicyclic) bond motifs is 2. The van der Waals surface area contributed by atoms with E-state index in [4.69, 9.17) is 4.98 Å². The summed E-state index contributed by atoms with van der Waals surface area (Å²) in [6.45, 7) is 5.33. The van der Waals surface area contributed by atoms with Crippen molar-refractivity contribution in [2.75, 3.05) is 31.1 Å². The molecule has 0 aromatic carbocycles. The Morgan fingerprint density at radius 1 is 1.28 bits per heavy atom. The first kappa shape index (κ1) is 19.9. The highest BCUT2D eigenvalue weighted by Crippen LogP contribution is 2.32. The number of alkyl halides is 3. The number of nitrogens with one attached hydrogen (secondary N) is 2. The molecule has 7 nitrogen and oxygen atoms in total. The van der Waals surface area contributed by atoms with Crippen LogP contribution in [0.15, 0.2) is 12.3 Å². The third-order valence-electron chi connectivity index (χ3n) is 5.65. The van der Waals surface area contributed by atoms with Gasteiger partial charge in [0.25, 0.3) is 0 Å². The molecular weight excluding hydrogens is 385 g/mol. The highest BCUT2D eigenvalue weighted by atomic mass is 19.4. The first-order valence-electron chi connectivity index (χ1n) is 9.94. The lowest BCUT2D eigenvalue weighted by atomic mass is 9.95. The molecule has 1 fully saturated rings. The third-order valence-corrected chi connectivity index (χ3v) is 5.65. The van der Waals surface area contributed by atoms with Crippen LogP contribution in [0, 0.1) is 11.8 Å². The van der Waals surface area contributed by atoms with Crippen LogP contribution in [-0.4, -0.2) is 58.9 Å². The minimum absolute atomic E-state index is 0.368. The predicted octanol–water partition coefficient (Wildman–Crippen LogP) is 1.56. The number of rotatable bonds is 4. The number of anilines is 1. The molecule has 29 heavy (non-hydrogen) atoms. The van der Waals surface area contributed by atoms with Crippen molar-refractivity contribution < 1.29 is 18.0 Å². The Hall–Kier alpha value is -2.36. The quantitative estimate of drug-likeness (QED) is 0.800. The van der Waals surface area contributed by atoms with E-state index in [0.29, 0.717) is 13.1 Å². The van der Waals surface area contributed by atoms with E-state index < -0.39 is 30.0 Å². The van der Waals surface area contributed by atoms with Gasteiger partial charge in [-0.3, -0.25) is 4.79 Å². The maximum atomic E-state index is 13.2. The van der Waals surface area contributed by atoms with E-state index in [0.717, 1.165) is 48.7 Å². The van der Waals surface area contributed by atoms with Gasteiger partial charge in [0.2, 0.25) is 5.91 Å². The number of nitrogens with zero attached hydrogens (tertiary/aromatic N) is 4. The molecule has 0 saturated carbocycles. The van der Waals surface area contributed by atoms with Gasteiger partial charge in [-0.1, -0.05) is 13.8 Å². The van der Waals surface area contributed by atoms with Crippen molar-refractivity contribution in [1.29, 1.82) is 0 Å². The summed E-state index contributed by atoms with van der Waals surface area (Å²) in [6, 6.07) is 0.00738. The van der Waals surface area contributed by atoms with Crippen LogP contribution in [0.2, 0.25) is 0 Å². The van der Waals surface area contributed by atoms with Crippen LogP contribution in [0.3, 0.4) is 0 Å². The molecule has 0 bridgehead atoms. The van der Waals surface area contributed by atoms with Gasteiger partial charge in [0.05, 0.1) is 17.8 Å². The van der Waals surface area contributed by atoms with Crippen molar-refractivity contribution in [2.24, 2.45) is 11.8 Å². The predicted molar refractivity (Wildman–Crippen MR) is 102 cm³/mol. The molecule has 1 unspecified atom stereocenters. The number of carbonyl (C=O) groups is 1. The fourth-order valence-electron chi connectivity index (χ4n) is 4.05. The van der Waals surface area contributed by atoms with E-state index in [2.05, 4.69) is 15.7 Å². The molecule has 158 valence electrons. The summed E-state index contributed by atoms with van der Waals surface area (Å²) in [5, 5.41) is 9.93. The second kappa shape index (κ2) is 7.47. The molecule has 2 aromatic heterocycles. The van der Waals surface area contributed by atoms with Crippen molar-refractivity contribution in [3.8, 4) is 0 Å². The Balaban J connectivity index is 1.53. The molecule has 2 aromatic rings. The van der Waals surface area contributed by atoms with Gasteiger partial charge in [0.15, 0.2) is 5.65 Å². The molecule has 0 radical (unpaired) electrons. The summed E-state index contributed by atoms with van der Waals surface area (Å²) in [4.78, 5) is 19.2. The molecule has 4 rings (SSSR count). The second-order valence-electron chi connectivity index (χ2n) is 8.09. The van der Waals surface area contributed by atoms with E-state index in [1.54, 1.807) is 10.7 Å². The van der Waals surface area contributed by atoms with Crippen LogP contribution in [0.4, 0.5) is 19.0 Å². The van der Waals surface area contributed by atoms with Crippen molar-refractivity contribution >= 4 is 17.4 Å². The Kier molecular flexibility index (Phi) is 5.14. The van der Waals surface area contributed by atoms with E-state index in [-0.39, 0.29) is 0 Å². The lowest BCUT2D eigenvalue weighted by Crippen LogP contribution is -2.58. The maximum Gasteiger partial charge on any atom is 0.408 e. The van der Waals surface area contributed by atoms with Crippen LogP contribution >= 0.6 is 0 Å². The second-order valence-corrected chi connectivity index (χ2v) is 8.09. The van der Waals surface area contributed by atoms with Crippen molar-refractivity contribution in [1.82, 2.24) is 25.2 Å². The van der Waals surface area contributed by atoms with Gasteiger partial charge in [-0.25, -0.2) is 4.98 Å². The van der Waals surface area contributed by atoms with E-state index in [1.165, 1.54) is 13.8 Å². The van der Waals surface area contributed by atoms with Gasteiger partial charge in [0.1, 0.15) is 11.9 Å². The summed E-state index contributed by atoms with van der Waals surface area (Å²) < 4.78 is 41.3. The van der Waals surface area contributed by atoms with Crippen LogP contribution in [0.5, 0.6) is 0 Å². The molecule has 1 atom stereocenters. The van der Waals surface area contributed by atoms with Crippen molar-refractivity contribution in [2.45, 2.75) is 38.9 Å².